The largest absolute Gasteiger partial charge is 0.464 e. The summed E-state index contributed by atoms with van der Waals surface area (Å²) < 4.78 is 10.2. The van der Waals surface area contributed by atoms with Gasteiger partial charge in [-0.15, -0.1) is 0 Å². The number of ether oxygens (including phenoxy) is 2. The minimum absolute atomic E-state index is 0.111. The van der Waals surface area contributed by atoms with Gasteiger partial charge in [0.05, 0.1) is 12.7 Å². The van der Waals surface area contributed by atoms with E-state index in [1.165, 1.54) is 0 Å². The van der Waals surface area contributed by atoms with Crippen LogP contribution in [0.2, 0.25) is 0 Å². The van der Waals surface area contributed by atoms with Gasteiger partial charge in [-0.1, -0.05) is 0 Å². The predicted octanol–water partition coefficient (Wildman–Crippen LogP) is 2.14. The Bertz CT molecular complexity index is 414. The normalized spacial score (nSPS) is 25.1. The second-order valence-electron chi connectivity index (χ2n) is 6.07. The maximum atomic E-state index is 12.0. The smallest absolute Gasteiger partial charge is 0.408 e. The monoisotopic (exact) mass is 282 g/mol. The summed E-state index contributed by atoms with van der Waals surface area (Å²) in [5.74, 6) is -0.348. The van der Waals surface area contributed by atoms with E-state index in [9.17, 15) is 9.59 Å². The number of alkyl carbamates (subject to hydrolysis) is 1. The summed E-state index contributed by atoms with van der Waals surface area (Å²) in [4.78, 5) is 23.9. The number of nitrogens with zero attached hydrogens (tertiary/aromatic N) is 1. The number of rotatable bonds is 4. The lowest BCUT2D eigenvalue weighted by atomic mass is 9.67. The Kier molecular flexibility index (Phi) is 4.98. The highest BCUT2D eigenvalue weighted by molar-refractivity contribution is 5.87. The molecule has 0 bridgehead atoms. The van der Waals surface area contributed by atoms with Crippen molar-refractivity contribution in [1.29, 1.82) is 5.26 Å². The molecule has 1 aliphatic carbocycles. The molecule has 1 rings (SSSR count). The number of amides is 1. The molecule has 0 atom stereocenters. The zero-order valence-corrected chi connectivity index (χ0v) is 12.5. The van der Waals surface area contributed by atoms with Gasteiger partial charge in [-0.25, -0.2) is 9.59 Å². The van der Waals surface area contributed by atoms with Crippen molar-refractivity contribution in [3.63, 3.8) is 0 Å². The third kappa shape index (κ3) is 4.12. The average molecular weight is 282 g/mol. The SMILES string of the molecule is CCOC(=O)C1(NC(=O)OC(C)(C)C)CC(CC#N)C1. The van der Waals surface area contributed by atoms with E-state index in [2.05, 4.69) is 11.4 Å². The van der Waals surface area contributed by atoms with Crippen LogP contribution in [-0.2, 0) is 14.3 Å². The molecule has 6 heteroatoms. The summed E-state index contributed by atoms with van der Waals surface area (Å²) in [7, 11) is 0. The van der Waals surface area contributed by atoms with E-state index in [1.54, 1.807) is 27.7 Å². The van der Waals surface area contributed by atoms with Crippen LogP contribution < -0.4 is 5.32 Å². The van der Waals surface area contributed by atoms with Crippen molar-refractivity contribution in [1.82, 2.24) is 5.32 Å². The van der Waals surface area contributed by atoms with Crippen molar-refractivity contribution < 1.29 is 19.1 Å². The van der Waals surface area contributed by atoms with Gasteiger partial charge in [0.2, 0.25) is 0 Å². The van der Waals surface area contributed by atoms with Crippen LogP contribution in [0, 0.1) is 17.2 Å². The summed E-state index contributed by atoms with van der Waals surface area (Å²) in [5, 5.41) is 11.3. The average Bonchev–Trinajstić information content (AvgIpc) is 2.23. The zero-order chi connectivity index (χ0) is 15.4. The highest BCUT2D eigenvalue weighted by atomic mass is 16.6. The van der Waals surface area contributed by atoms with Gasteiger partial charge in [-0.05, 0) is 46.5 Å². The molecule has 0 spiro atoms. The van der Waals surface area contributed by atoms with Crippen molar-refractivity contribution in [2.24, 2.45) is 5.92 Å². The van der Waals surface area contributed by atoms with Gasteiger partial charge >= 0.3 is 12.1 Å². The lowest BCUT2D eigenvalue weighted by molar-refractivity contribution is -0.157. The van der Waals surface area contributed by atoms with E-state index >= 15 is 0 Å². The van der Waals surface area contributed by atoms with Gasteiger partial charge in [0.1, 0.15) is 11.1 Å². The molecule has 6 nitrogen and oxygen atoms in total. The number of nitrogens with one attached hydrogen (secondary N) is 1. The Labute approximate surface area is 119 Å². The van der Waals surface area contributed by atoms with Crippen molar-refractivity contribution in [3.8, 4) is 6.07 Å². The maximum Gasteiger partial charge on any atom is 0.408 e. The topological polar surface area (TPSA) is 88.4 Å². The molecule has 0 unspecified atom stereocenters. The van der Waals surface area contributed by atoms with E-state index in [4.69, 9.17) is 14.7 Å². The fourth-order valence-electron chi connectivity index (χ4n) is 2.29. The van der Waals surface area contributed by atoms with E-state index in [-0.39, 0.29) is 12.5 Å². The lowest BCUT2D eigenvalue weighted by Gasteiger charge is -2.44. The van der Waals surface area contributed by atoms with E-state index in [1.807, 2.05) is 0 Å². The summed E-state index contributed by atoms with van der Waals surface area (Å²) in [5.41, 5.74) is -1.67. The molecule has 0 aliphatic heterocycles. The van der Waals surface area contributed by atoms with E-state index in [0.29, 0.717) is 19.3 Å². The molecule has 0 aromatic rings. The highest BCUT2D eigenvalue weighted by Crippen LogP contribution is 2.41. The molecule has 1 fully saturated rings. The number of carbonyl (C=O) groups is 2. The van der Waals surface area contributed by atoms with Crippen molar-refractivity contribution in [2.75, 3.05) is 6.61 Å². The first-order valence-corrected chi connectivity index (χ1v) is 6.78. The Morgan fingerprint density at radius 3 is 2.45 bits per heavy atom. The first kappa shape index (κ1) is 16.3. The quantitative estimate of drug-likeness (QED) is 0.798. The third-order valence-electron chi connectivity index (χ3n) is 3.06. The first-order chi connectivity index (χ1) is 9.22. The Balaban J connectivity index is 2.69. The number of nitriles is 1. The molecular weight excluding hydrogens is 260 g/mol. The number of hydrogen-bond acceptors (Lipinski definition) is 5. The molecule has 0 aromatic heterocycles. The summed E-state index contributed by atoms with van der Waals surface area (Å²) in [6.07, 6.45) is 0.565. The molecule has 0 radical (unpaired) electrons. The zero-order valence-electron chi connectivity index (χ0n) is 12.5. The predicted molar refractivity (Wildman–Crippen MR) is 71.7 cm³/mol. The van der Waals surface area contributed by atoms with E-state index in [0.717, 1.165) is 0 Å². The summed E-state index contributed by atoms with van der Waals surface area (Å²) in [6, 6.07) is 2.07. The third-order valence-corrected chi connectivity index (χ3v) is 3.06. The highest BCUT2D eigenvalue weighted by Gasteiger charge is 2.52. The van der Waals surface area contributed by atoms with Gasteiger partial charge in [0.15, 0.2) is 0 Å². The summed E-state index contributed by atoms with van der Waals surface area (Å²) in [6.45, 7) is 7.22. The van der Waals surface area contributed by atoms with Gasteiger partial charge in [-0.3, -0.25) is 0 Å². The number of hydrogen-bond donors (Lipinski definition) is 1. The standard InChI is InChI=1S/C14H22N2O4/c1-5-19-11(17)14(8-10(9-14)6-7-15)16-12(18)20-13(2,3)4/h10H,5-6,8-9H2,1-4H3,(H,16,18). The van der Waals surface area contributed by atoms with E-state index < -0.39 is 23.2 Å². The molecule has 1 N–H and O–H groups in total. The molecular formula is C14H22N2O4. The summed E-state index contributed by atoms with van der Waals surface area (Å²) >= 11 is 0. The molecule has 1 aliphatic rings. The van der Waals surface area contributed by atoms with Crippen LogP contribution in [0.3, 0.4) is 0 Å². The first-order valence-electron chi connectivity index (χ1n) is 6.78. The Morgan fingerprint density at radius 2 is 2.00 bits per heavy atom. The molecule has 112 valence electrons. The molecule has 0 saturated heterocycles. The van der Waals surface area contributed by atoms with Crippen LogP contribution >= 0.6 is 0 Å². The van der Waals surface area contributed by atoms with Gasteiger partial charge in [-0.2, -0.15) is 5.26 Å². The second kappa shape index (κ2) is 6.12. The van der Waals surface area contributed by atoms with Gasteiger partial charge < -0.3 is 14.8 Å². The van der Waals surface area contributed by atoms with Gasteiger partial charge in [0, 0.05) is 6.42 Å². The second-order valence-corrected chi connectivity index (χ2v) is 6.07. The minimum Gasteiger partial charge on any atom is -0.464 e. The maximum absolute atomic E-state index is 12.0. The molecule has 0 heterocycles. The van der Waals surface area contributed by atoms with Crippen molar-refractivity contribution >= 4 is 12.1 Å². The molecule has 1 saturated carbocycles. The molecule has 1 amide bonds. The lowest BCUT2D eigenvalue weighted by Crippen LogP contribution is -2.63. The van der Waals surface area contributed by atoms with Crippen molar-refractivity contribution in [3.05, 3.63) is 0 Å². The van der Waals surface area contributed by atoms with Crippen LogP contribution in [0.4, 0.5) is 4.79 Å². The fourth-order valence-corrected chi connectivity index (χ4v) is 2.29. The van der Waals surface area contributed by atoms with Crippen LogP contribution in [-0.4, -0.2) is 29.8 Å². The van der Waals surface area contributed by atoms with Gasteiger partial charge in [0.25, 0.3) is 0 Å². The Morgan fingerprint density at radius 1 is 1.40 bits per heavy atom. The number of esters is 1. The Hall–Kier alpha value is -1.77. The minimum atomic E-state index is -1.04. The van der Waals surface area contributed by atoms with Crippen LogP contribution in [0.25, 0.3) is 0 Å². The van der Waals surface area contributed by atoms with Crippen LogP contribution in [0.5, 0.6) is 0 Å². The molecule has 0 aromatic carbocycles. The van der Waals surface area contributed by atoms with Crippen molar-refractivity contribution in [2.45, 2.75) is 58.1 Å². The van der Waals surface area contributed by atoms with Crippen LogP contribution in [0.1, 0.15) is 47.0 Å². The molecule has 20 heavy (non-hydrogen) atoms. The number of carbonyl (C=O) groups excluding carboxylic acids is 2. The van der Waals surface area contributed by atoms with Crippen LogP contribution in [0.15, 0.2) is 0 Å². The fraction of sp³-hybridized carbons (Fsp3) is 0.786.